The molecule has 0 N–H and O–H groups in total. The predicted octanol–water partition coefficient (Wildman–Crippen LogP) is 3.05. The van der Waals surface area contributed by atoms with Crippen LogP contribution in [0, 0.1) is 28.6 Å². The van der Waals surface area contributed by atoms with Crippen molar-refractivity contribution in [2.45, 2.75) is 77.4 Å². The zero-order valence-electron chi connectivity index (χ0n) is 20.2. The number of carbonyl (C=O) groups is 4. The molecule has 0 radical (unpaired) electrons. The van der Waals surface area contributed by atoms with Gasteiger partial charge in [0.05, 0.1) is 6.10 Å². The molecule has 5 rings (SSSR count). The van der Waals surface area contributed by atoms with Crippen molar-refractivity contribution in [2.75, 3.05) is 6.61 Å². The molecule has 3 saturated carbocycles. The van der Waals surface area contributed by atoms with Crippen LogP contribution in [0.25, 0.3) is 0 Å². The number of fused-ring (bicyclic) bond motifs is 3. The van der Waals surface area contributed by atoms with Crippen LogP contribution in [0.1, 0.15) is 53.9 Å². The van der Waals surface area contributed by atoms with Gasteiger partial charge in [0.15, 0.2) is 18.0 Å². The number of Topliss-reactive ketones (excluding diaryl/α,β-unsaturated/α-hetero) is 1. The molecule has 1 heterocycles. The summed E-state index contributed by atoms with van der Waals surface area (Å²) < 4.78 is 33.0. The largest absolute Gasteiger partial charge is 0.458 e. The highest BCUT2D eigenvalue weighted by atomic mass is 19.1. The van der Waals surface area contributed by atoms with E-state index in [1.165, 1.54) is 26.0 Å². The molecular weight excluding hydrogens is 443 g/mol. The van der Waals surface area contributed by atoms with E-state index in [0.29, 0.717) is 18.4 Å². The Balaban J connectivity index is 1.59. The number of ether oxygens (including phenoxy) is 3. The summed E-state index contributed by atoms with van der Waals surface area (Å²) in [6.07, 6.45) is 4.27. The van der Waals surface area contributed by atoms with E-state index in [2.05, 4.69) is 0 Å². The van der Waals surface area contributed by atoms with E-state index in [9.17, 15) is 19.2 Å². The molecule has 1 unspecified atom stereocenters. The van der Waals surface area contributed by atoms with Crippen LogP contribution in [-0.2, 0) is 33.4 Å². The lowest BCUT2D eigenvalue weighted by Crippen LogP contribution is -2.64. The Morgan fingerprint density at radius 3 is 2.50 bits per heavy atom. The van der Waals surface area contributed by atoms with Gasteiger partial charge in [0, 0.05) is 30.6 Å². The number of carbonyl (C=O) groups excluding carboxylic acids is 4. The summed E-state index contributed by atoms with van der Waals surface area (Å²) in [5.74, 6) is -2.59. The second-order valence-corrected chi connectivity index (χ2v) is 11.1. The maximum absolute atomic E-state index is 15.6. The molecule has 1 saturated heterocycles. The lowest BCUT2D eigenvalue weighted by molar-refractivity contribution is -0.193. The fourth-order valence-electron chi connectivity index (χ4n) is 8.33. The lowest BCUT2D eigenvalue weighted by atomic mass is 9.46. The molecule has 0 amide bonds. The number of halogens is 1. The summed E-state index contributed by atoms with van der Waals surface area (Å²) in [6, 6.07) is 0. The number of ketones is 2. The van der Waals surface area contributed by atoms with Gasteiger partial charge in [-0.1, -0.05) is 19.9 Å². The topological polar surface area (TPSA) is 99.3 Å². The number of rotatable bonds is 4. The van der Waals surface area contributed by atoms with Crippen molar-refractivity contribution in [2.24, 2.45) is 28.6 Å². The van der Waals surface area contributed by atoms with Crippen LogP contribution < -0.4 is 0 Å². The third-order valence-corrected chi connectivity index (χ3v) is 9.59. The van der Waals surface area contributed by atoms with Crippen LogP contribution in [0.5, 0.6) is 0 Å². The Morgan fingerprint density at radius 1 is 1.15 bits per heavy atom. The zero-order valence-corrected chi connectivity index (χ0v) is 20.2. The van der Waals surface area contributed by atoms with Crippen molar-refractivity contribution >= 4 is 23.5 Å². The Morgan fingerprint density at radius 2 is 1.85 bits per heavy atom. The van der Waals surface area contributed by atoms with E-state index in [4.69, 9.17) is 14.2 Å². The first-order chi connectivity index (χ1) is 15.8. The fourth-order valence-corrected chi connectivity index (χ4v) is 8.33. The van der Waals surface area contributed by atoms with E-state index in [0.717, 1.165) is 0 Å². The highest BCUT2D eigenvalue weighted by molar-refractivity contribution is 6.01. The van der Waals surface area contributed by atoms with Crippen molar-refractivity contribution in [3.63, 3.8) is 0 Å². The first-order valence-corrected chi connectivity index (χ1v) is 12.0. The SMILES string of the molecule is CC(=O)OCC(=O)[C@]1(OC(C)=O)[C@@H](C)C[C@H]2[C@@H]3CC(F)C4=CC(=O)C=C[C@]4(C)[C@@]34O[C@H]4C[C@@]21C. The molecule has 4 fully saturated rings. The Bertz CT molecular complexity index is 1060. The summed E-state index contributed by atoms with van der Waals surface area (Å²) >= 11 is 0. The van der Waals surface area contributed by atoms with Crippen LogP contribution in [0.4, 0.5) is 4.39 Å². The molecule has 0 aromatic rings. The second-order valence-electron chi connectivity index (χ2n) is 11.1. The number of alkyl halides is 1. The van der Waals surface area contributed by atoms with E-state index >= 15 is 4.39 Å². The van der Waals surface area contributed by atoms with Gasteiger partial charge in [0.1, 0.15) is 11.8 Å². The van der Waals surface area contributed by atoms with Crippen molar-refractivity contribution < 1.29 is 37.8 Å². The quantitative estimate of drug-likeness (QED) is 0.456. The first kappa shape index (κ1) is 23.4. The summed E-state index contributed by atoms with van der Waals surface area (Å²) in [4.78, 5) is 49.4. The average molecular weight is 475 g/mol. The summed E-state index contributed by atoms with van der Waals surface area (Å²) in [6.45, 7) is 7.75. The second kappa shape index (κ2) is 7.09. The average Bonchev–Trinajstić information content (AvgIpc) is 3.42. The van der Waals surface area contributed by atoms with E-state index < -0.39 is 52.5 Å². The van der Waals surface area contributed by atoms with Gasteiger partial charge in [0.25, 0.3) is 0 Å². The van der Waals surface area contributed by atoms with Gasteiger partial charge in [-0.25, -0.2) is 4.39 Å². The molecular formula is C26H31FO7. The number of hydrogen-bond acceptors (Lipinski definition) is 7. The van der Waals surface area contributed by atoms with Crippen molar-refractivity contribution in [1.29, 1.82) is 0 Å². The van der Waals surface area contributed by atoms with E-state index in [1.54, 1.807) is 6.08 Å². The number of epoxide rings is 1. The van der Waals surface area contributed by atoms with Crippen LogP contribution >= 0.6 is 0 Å². The molecule has 1 spiro atoms. The van der Waals surface area contributed by atoms with Gasteiger partial charge in [-0.15, -0.1) is 0 Å². The van der Waals surface area contributed by atoms with Crippen LogP contribution in [-0.4, -0.2) is 53.6 Å². The van der Waals surface area contributed by atoms with Gasteiger partial charge >= 0.3 is 11.9 Å². The predicted molar refractivity (Wildman–Crippen MR) is 117 cm³/mol. The van der Waals surface area contributed by atoms with Crippen LogP contribution in [0.3, 0.4) is 0 Å². The first-order valence-electron chi connectivity index (χ1n) is 12.0. The monoisotopic (exact) mass is 474 g/mol. The standard InChI is InChI=1S/C26H31FO7/c1-13-8-17-18-10-20(27)19-9-16(30)6-7-23(19,4)26(18)22(34-26)11-24(17,5)25(13,33-15(3)29)21(31)12-32-14(2)28/h6-7,9,13,17-18,20,22H,8,10-12H2,1-5H3/t13-,17-,18-,20?,22-,23-,24-,25+,26+/m0/s1. The minimum Gasteiger partial charge on any atom is -0.458 e. The Hall–Kier alpha value is -2.35. The van der Waals surface area contributed by atoms with Gasteiger partial charge in [-0.05, 0) is 55.7 Å². The van der Waals surface area contributed by atoms with Gasteiger partial charge in [-0.3, -0.25) is 19.2 Å². The van der Waals surface area contributed by atoms with Crippen LogP contribution in [0.2, 0.25) is 0 Å². The maximum atomic E-state index is 15.6. The summed E-state index contributed by atoms with van der Waals surface area (Å²) in [5, 5.41) is 0. The molecule has 9 atom stereocenters. The van der Waals surface area contributed by atoms with Gasteiger partial charge in [-0.2, -0.15) is 0 Å². The third-order valence-electron chi connectivity index (χ3n) is 9.59. The van der Waals surface area contributed by atoms with Gasteiger partial charge < -0.3 is 14.2 Å². The smallest absolute Gasteiger partial charge is 0.303 e. The maximum Gasteiger partial charge on any atom is 0.303 e. The molecule has 1 aliphatic heterocycles. The van der Waals surface area contributed by atoms with Crippen molar-refractivity contribution in [3.05, 3.63) is 23.8 Å². The molecule has 7 nitrogen and oxygen atoms in total. The summed E-state index contributed by atoms with van der Waals surface area (Å²) in [7, 11) is 0. The molecule has 184 valence electrons. The van der Waals surface area contributed by atoms with E-state index in [1.807, 2.05) is 20.8 Å². The number of esters is 2. The number of allylic oxidation sites excluding steroid dienone is 2. The Kier molecular flexibility index (Phi) is 4.88. The van der Waals surface area contributed by atoms with Crippen molar-refractivity contribution in [1.82, 2.24) is 0 Å². The minimum absolute atomic E-state index is 0.162. The highest BCUT2D eigenvalue weighted by Crippen LogP contribution is 2.77. The minimum atomic E-state index is -1.50. The zero-order chi connectivity index (χ0) is 24.8. The number of hydrogen-bond donors (Lipinski definition) is 0. The normalized spacial score (nSPS) is 48.0. The molecule has 4 aliphatic carbocycles. The molecule has 8 heteroatoms. The summed E-state index contributed by atoms with van der Waals surface area (Å²) in [5.41, 5.74) is -3.28. The van der Waals surface area contributed by atoms with Gasteiger partial charge in [0.2, 0.25) is 5.78 Å². The highest BCUT2D eigenvalue weighted by Gasteiger charge is 2.83. The Labute approximate surface area is 198 Å². The molecule has 5 aliphatic rings. The molecule has 34 heavy (non-hydrogen) atoms. The molecule has 0 aromatic carbocycles. The fraction of sp³-hybridized carbons (Fsp3) is 0.692. The molecule has 0 bridgehead atoms. The van der Waals surface area contributed by atoms with Crippen molar-refractivity contribution in [3.8, 4) is 0 Å². The third kappa shape index (κ3) is 2.66. The van der Waals surface area contributed by atoms with E-state index in [-0.39, 0.29) is 36.1 Å². The lowest BCUT2D eigenvalue weighted by Gasteiger charge is -2.56. The van der Waals surface area contributed by atoms with Crippen LogP contribution in [0.15, 0.2) is 23.8 Å². The molecule has 0 aromatic heterocycles.